The van der Waals surface area contributed by atoms with E-state index in [1.54, 1.807) is 6.07 Å². The zero-order valence-corrected chi connectivity index (χ0v) is 13.3. The summed E-state index contributed by atoms with van der Waals surface area (Å²) < 4.78 is 0. The molecule has 4 heteroatoms. The van der Waals surface area contributed by atoms with Crippen LogP contribution in [0.4, 0.5) is 0 Å². The maximum absolute atomic E-state index is 12.6. The van der Waals surface area contributed by atoms with Crippen LogP contribution >= 0.6 is 11.6 Å². The molecule has 0 aliphatic heterocycles. The predicted molar refractivity (Wildman–Crippen MR) is 85.5 cm³/mol. The van der Waals surface area contributed by atoms with Crippen LogP contribution < -0.4 is 5.32 Å². The molecule has 2 atom stereocenters. The normalized spacial score (nSPS) is 16.7. The van der Waals surface area contributed by atoms with Gasteiger partial charge in [0.1, 0.15) is 0 Å². The summed E-state index contributed by atoms with van der Waals surface area (Å²) in [5.41, 5.74) is 2.25. The molecule has 1 aromatic carbocycles. The topological polar surface area (TPSA) is 46.2 Å². The average Bonchev–Trinajstić information content (AvgIpc) is 2.79. The molecule has 0 aromatic heterocycles. The number of alkyl halides is 1. The number of ketones is 1. The Balaban J connectivity index is 2.58. The standard InChI is InChI=1S/C17H20ClNO2/c1-4-10(3)15(18)13-11-8-6-7-9-12(11)16(20)14(13)17(21)19-5-2/h6-10,15H,4-5H2,1-3H3,(H,19,21). The minimum atomic E-state index is -0.347. The van der Waals surface area contributed by atoms with Crippen LogP contribution in [0.1, 0.15) is 43.1 Å². The first kappa shape index (κ1) is 15.8. The molecule has 0 bridgehead atoms. The van der Waals surface area contributed by atoms with Crippen molar-refractivity contribution in [1.82, 2.24) is 5.32 Å². The third-order valence-corrected chi connectivity index (χ3v) is 4.59. The van der Waals surface area contributed by atoms with Gasteiger partial charge in [0.15, 0.2) is 5.78 Å². The van der Waals surface area contributed by atoms with Crippen LogP contribution in [-0.2, 0) is 4.79 Å². The molecule has 0 saturated heterocycles. The van der Waals surface area contributed by atoms with Gasteiger partial charge < -0.3 is 5.32 Å². The first-order chi connectivity index (χ1) is 10.0. The quantitative estimate of drug-likeness (QED) is 0.669. The molecule has 21 heavy (non-hydrogen) atoms. The summed E-state index contributed by atoms with van der Waals surface area (Å²) in [7, 11) is 0. The molecule has 1 N–H and O–H groups in total. The fourth-order valence-corrected chi connectivity index (χ4v) is 2.96. The number of halogens is 1. The third-order valence-electron chi connectivity index (χ3n) is 3.94. The number of likely N-dealkylation sites (N-methyl/N-ethyl adjacent to an activating group) is 1. The minimum Gasteiger partial charge on any atom is -0.352 e. The third kappa shape index (κ3) is 2.75. The number of hydrogen-bond donors (Lipinski definition) is 1. The molecule has 2 unspecified atom stereocenters. The largest absolute Gasteiger partial charge is 0.352 e. The molecular formula is C17H20ClNO2. The second-order valence-electron chi connectivity index (χ2n) is 5.31. The molecule has 1 aliphatic rings. The summed E-state index contributed by atoms with van der Waals surface area (Å²) in [5, 5.41) is 2.37. The number of amides is 1. The summed E-state index contributed by atoms with van der Waals surface area (Å²) in [6.45, 7) is 6.40. The van der Waals surface area contributed by atoms with Gasteiger partial charge in [-0.15, -0.1) is 11.6 Å². The fraction of sp³-hybridized carbons (Fsp3) is 0.412. The summed E-state index contributed by atoms with van der Waals surface area (Å²) in [4.78, 5) is 24.9. The lowest BCUT2D eigenvalue weighted by atomic mass is 9.92. The molecule has 2 rings (SSSR count). The molecule has 112 valence electrons. The highest BCUT2D eigenvalue weighted by Gasteiger charge is 2.37. The van der Waals surface area contributed by atoms with E-state index in [1.165, 1.54) is 0 Å². The van der Waals surface area contributed by atoms with E-state index in [4.69, 9.17) is 11.6 Å². The molecule has 0 fully saturated rings. The van der Waals surface area contributed by atoms with Crippen molar-refractivity contribution in [1.29, 1.82) is 0 Å². The monoisotopic (exact) mass is 305 g/mol. The van der Waals surface area contributed by atoms with Gasteiger partial charge >= 0.3 is 0 Å². The summed E-state index contributed by atoms with van der Waals surface area (Å²) in [6, 6.07) is 7.30. The van der Waals surface area contributed by atoms with Crippen molar-refractivity contribution in [3.05, 3.63) is 41.0 Å². The van der Waals surface area contributed by atoms with Gasteiger partial charge in [-0.1, -0.05) is 44.5 Å². The van der Waals surface area contributed by atoms with Crippen molar-refractivity contribution < 1.29 is 9.59 Å². The maximum atomic E-state index is 12.6. The number of hydrogen-bond acceptors (Lipinski definition) is 2. The van der Waals surface area contributed by atoms with Crippen molar-refractivity contribution in [2.45, 2.75) is 32.6 Å². The number of carbonyl (C=O) groups excluding carboxylic acids is 2. The van der Waals surface area contributed by atoms with E-state index in [0.29, 0.717) is 17.7 Å². The molecule has 0 radical (unpaired) electrons. The van der Waals surface area contributed by atoms with Crippen LogP contribution in [-0.4, -0.2) is 23.6 Å². The lowest BCUT2D eigenvalue weighted by molar-refractivity contribution is -0.117. The number of carbonyl (C=O) groups is 2. The van der Waals surface area contributed by atoms with Crippen molar-refractivity contribution in [3.63, 3.8) is 0 Å². The number of Topliss-reactive ketones (excluding diaryl/α,β-unsaturated/α-hetero) is 1. The number of nitrogens with one attached hydrogen (secondary N) is 1. The van der Waals surface area contributed by atoms with Crippen molar-refractivity contribution in [2.24, 2.45) is 5.92 Å². The predicted octanol–water partition coefficient (Wildman–Crippen LogP) is 3.43. The molecule has 0 spiro atoms. The molecule has 1 amide bonds. The number of rotatable bonds is 5. The summed E-state index contributed by atoms with van der Waals surface area (Å²) in [5.74, 6) is -0.367. The summed E-state index contributed by atoms with van der Waals surface area (Å²) in [6.07, 6.45) is 0.886. The van der Waals surface area contributed by atoms with Gasteiger partial charge in [-0.05, 0) is 24.0 Å². The highest BCUT2D eigenvalue weighted by atomic mass is 35.5. The SMILES string of the molecule is CCNC(=O)C1=C(C(Cl)C(C)CC)c2ccccc2C1=O. The minimum absolute atomic E-state index is 0.185. The van der Waals surface area contributed by atoms with Gasteiger partial charge in [0.2, 0.25) is 0 Å². The molecule has 1 aliphatic carbocycles. The molecule has 3 nitrogen and oxygen atoms in total. The highest BCUT2D eigenvalue weighted by Crippen LogP contribution is 2.40. The van der Waals surface area contributed by atoms with E-state index >= 15 is 0 Å². The molecule has 1 aromatic rings. The van der Waals surface area contributed by atoms with Crippen LogP contribution in [0.25, 0.3) is 5.57 Å². The number of fused-ring (bicyclic) bond motifs is 1. The van der Waals surface area contributed by atoms with E-state index < -0.39 is 0 Å². The van der Waals surface area contributed by atoms with Gasteiger partial charge in [0.05, 0.1) is 11.0 Å². The van der Waals surface area contributed by atoms with Crippen LogP contribution in [0, 0.1) is 5.92 Å². The van der Waals surface area contributed by atoms with Crippen molar-refractivity contribution in [3.8, 4) is 0 Å². The Bertz CT molecular complexity index is 607. The zero-order valence-electron chi connectivity index (χ0n) is 12.6. The Morgan fingerprint density at radius 1 is 1.24 bits per heavy atom. The van der Waals surface area contributed by atoms with E-state index in [1.807, 2.05) is 32.0 Å². The Morgan fingerprint density at radius 2 is 1.86 bits per heavy atom. The molecular weight excluding hydrogens is 286 g/mol. The highest BCUT2D eigenvalue weighted by molar-refractivity contribution is 6.39. The first-order valence-corrected chi connectivity index (χ1v) is 7.77. The summed E-state index contributed by atoms with van der Waals surface area (Å²) >= 11 is 6.58. The second-order valence-corrected chi connectivity index (χ2v) is 5.78. The van der Waals surface area contributed by atoms with Gasteiger partial charge in [0, 0.05) is 12.1 Å². The molecule has 0 heterocycles. The van der Waals surface area contributed by atoms with Gasteiger partial charge in [0.25, 0.3) is 5.91 Å². The van der Waals surface area contributed by atoms with Gasteiger partial charge in [-0.2, -0.15) is 0 Å². The van der Waals surface area contributed by atoms with Gasteiger partial charge in [-0.3, -0.25) is 9.59 Å². The van der Waals surface area contributed by atoms with E-state index in [0.717, 1.165) is 12.0 Å². The zero-order chi connectivity index (χ0) is 15.6. The van der Waals surface area contributed by atoms with E-state index in [9.17, 15) is 9.59 Å². The van der Waals surface area contributed by atoms with E-state index in [-0.39, 0.29) is 28.6 Å². The van der Waals surface area contributed by atoms with Gasteiger partial charge in [-0.25, -0.2) is 0 Å². The Labute approximate surface area is 130 Å². The number of benzene rings is 1. The van der Waals surface area contributed by atoms with E-state index in [2.05, 4.69) is 12.2 Å². The first-order valence-electron chi connectivity index (χ1n) is 7.33. The van der Waals surface area contributed by atoms with Crippen molar-refractivity contribution in [2.75, 3.05) is 6.54 Å². The lowest BCUT2D eigenvalue weighted by Crippen LogP contribution is -2.28. The second kappa shape index (κ2) is 6.44. The number of allylic oxidation sites excluding steroid dienone is 1. The molecule has 0 saturated carbocycles. The Hall–Kier alpha value is -1.61. The smallest absolute Gasteiger partial charge is 0.255 e. The van der Waals surface area contributed by atoms with Crippen LogP contribution in [0.3, 0.4) is 0 Å². The lowest BCUT2D eigenvalue weighted by Gasteiger charge is -2.19. The maximum Gasteiger partial charge on any atom is 0.255 e. The Morgan fingerprint density at radius 3 is 2.43 bits per heavy atom. The average molecular weight is 306 g/mol. The van der Waals surface area contributed by atoms with Crippen LogP contribution in [0.2, 0.25) is 0 Å². The van der Waals surface area contributed by atoms with Crippen LogP contribution in [0.5, 0.6) is 0 Å². The Kier molecular flexibility index (Phi) is 4.84. The van der Waals surface area contributed by atoms with Crippen molar-refractivity contribution >= 4 is 28.9 Å². The fourth-order valence-electron chi connectivity index (χ4n) is 2.56. The van der Waals surface area contributed by atoms with Crippen LogP contribution in [0.15, 0.2) is 29.8 Å².